The minimum Gasteiger partial charge on any atom is -0.375 e. The van der Waals surface area contributed by atoms with Crippen LogP contribution in [0.1, 0.15) is 6.92 Å². The van der Waals surface area contributed by atoms with Gasteiger partial charge in [-0.25, -0.2) is 0 Å². The Morgan fingerprint density at radius 1 is 1.33 bits per heavy atom. The Bertz CT molecular complexity index is 418. The van der Waals surface area contributed by atoms with E-state index >= 15 is 0 Å². The molecule has 0 aliphatic rings. The number of carbonyl (C=O) groups excluding carboxylic acids is 1. The van der Waals surface area contributed by atoms with E-state index in [4.69, 9.17) is 5.73 Å². The van der Waals surface area contributed by atoms with Gasteiger partial charge in [0.25, 0.3) is 0 Å². The van der Waals surface area contributed by atoms with E-state index < -0.39 is 24.7 Å². The molecule has 0 spiro atoms. The summed E-state index contributed by atoms with van der Waals surface area (Å²) >= 11 is 0. The van der Waals surface area contributed by atoms with Crippen LogP contribution in [-0.4, -0.2) is 24.7 Å². The second-order valence-electron chi connectivity index (χ2n) is 3.79. The van der Waals surface area contributed by atoms with Crippen molar-refractivity contribution in [1.82, 2.24) is 0 Å². The maximum absolute atomic E-state index is 12.1. The molecule has 100 valence electrons. The van der Waals surface area contributed by atoms with Crippen molar-refractivity contribution in [2.75, 3.05) is 17.2 Å². The van der Waals surface area contributed by atoms with Crippen molar-refractivity contribution in [3.8, 4) is 0 Å². The van der Waals surface area contributed by atoms with Crippen LogP contribution in [0.3, 0.4) is 0 Å². The molecule has 1 amide bonds. The second kappa shape index (κ2) is 5.72. The summed E-state index contributed by atoms with van der Waals surface area (Å²) in [5, 5.41) is 4.67. The lowest BCUT2D eigenvalue weighted by Crippen LogP contribution is -2.32. The molecule has 7 heteroatoms. The maximum atomic E-state index is 12.1. The highest BCUT2D eigenvalue weighted by Crippen LogP contribution is 2.23. The van der Waals surface area contributed by atoms with Gasteiger partial charge in [-0.05, 0) is 19.1 Å². The third kappa shape index (κ3) is 4.62. The van der Waals surface area contributed by atoms with Crippen LogP contribution in [-0.2, 0) is 4.79 Å². The van der Waals surface area contributed by atoms with E-state index in [-0.39, 0.29) is 11.4 Å². The first kappa shape index (κ1) is 14.3. The first-order valence-electron chi connectivity index (χ1n) is 5.25. The van der Waals surface area contributed by atoms with Crippen LogP contribution in [0, 0.1) is 0 Å². The lowest BCUT2D eigenvalue weighted by atomic mass is 10.2. The monoisotopic (exact) mass is 261 g/mol. The minimum absolute atomic E-state index is 0.198. The summed E-state index contributed by atoms with van der Waals surface area (Å²) in [4.78, 5) is 11.4. The van der Waals surface area contributed by atoms with Crippen LogP contribution in [0.2, 0.25) is 0 Å². The molecule has 0 saturated heterocycles. The number of nitrogens with two attached hydrogens (primary N) is 1. The van der Waals surface area contributed by atoms with E-state index in [1.54, 1.807) is 12.1 Å². The van der Waals surface area contributed by atoms with Crippen molar-refractivity contribution < 1.29 is 18.0 Å². The highest BCUT2D eigenvalue weighted by atomic mass is 19.4. The van der Waals surface area contributed by atoms with Crippen molar-refractivity contribution in [3.05, 3.63) is 24.3 Å². The smallest absolute Gasteiger partial charge is 0.375 e. The molecule has 0 aliphatic heterocycles. The zero-order valence-electron chi connectivity index (χ0n) is 9.71. The molecule has 1 atom stereocenters. The van der Waals surface area contributed by atoms with Crippen LogP contribution in [0.5, 0.6) is 0 Å². The van der Waals surface area contributed by atoms with Gasteiger partial charge in [-0.3, -0.25) is 4.79 Å². The first-order chi connectivity index (χ1) is 8.29. The van der Waals surface area contributed by atoms with Gasteiger partial charge in [0.1, 0.15) is 6.54 Å². The molecular weight excluding hydrogens is 247 g/mol. The van der Waals surface area contributed by atoms with E-state index in [0.717, 1.165) is 0 Å². The fourth-order valence-electron chi connectivity index (χ4n) is 1.19. The number of halogens is 3. The van der Waals surface area contributed by atoms with Crippen LogP contribution in [0.15, 0.2) is 24.3 Å². The molecule has 1 rings (SSSR count). The van der Waals surface area contributed by atoms with Gasteiger partial charge in [0, 0.05) is 0 Å². The summed E-state index contributed by atoms with van der Waals surface area (Å²) in [7, 11) is 0. The number of amides is 1. The molecule has 0 aromatic heterocycles. The minimum atomic E-state index is -4.32. The molecule has 1 unspecified atom stereocenters. The van der Waals surface area contributed by atoms with Gasteiger partial charge in [0.15, 0.2) is 0 Å². The number of benzene rings is 1. The van der Waals surface area contributed by atoms with Gasteiger partial charge in [0.05, 0.1) is 17.4 Å². The van der Waals surface area contributed by atoms with Crippen molar-refractivity contribution >= 4 is 17.3 Å². The van der Waals surface area contributed by atoms with Gasteiger partial charge in [0.2, 0.25) is 5.91 Å². The van der Waals surface area contributed by atoms with Gasteiger partial charge in [-0.15, -0.1) is 0 Å². The molecule has 0 saturated carbocycles. The van der Waals surface area contributed by atoms with Crippen molar-refractivity contribution in [1.29, 1.82) is 0 Å². The average molecular weight is 261 g/mol. The van der Waals surface area contributed by atoms with E-state index in [2.05, 4.69) is 10.6 Å². The van der Waals surface area contributed by atoms with Crippen LogP contribution in [0.4, 0.5) is 24.5 Å². The summed E-state index contributed by atoms with van der Waals surface area (Å²) in [5.74, 6) is -0.462. The summed E-state index contributed by atoms with van der Waals surface area (Å²) in [6, 6.07) is 5.39. The lowest BCUT2D eigenvalue weighted by Gasteiger charge is -2.15. The molecular formula is C11H14F3N3O. The number of rotatable bonds is 4. The largest absolute Gasteiger partial charge is 0.405 e. The molecule has 1 aromatic carbocycles. The SMILES string of the molecule is CC(N)C(=O)Nc1ccccc1NCC(F)(F)F. The molecule has 4 N–H and O–H groups in total. The summed E-state index contributed by atoms with van der Waals surface area (Å²) in [6.45, 7) is 0.319. The fourth-order valence-corrected chi connectivity index (χ4v) is 1.19. The van der Waals surface area contributed by atoms with Crippen LogP contribution < -0.4 is 16.4 Å². The maximum Gasteiger partial charge on any atom is 0.405 e. The third-order valence-electron chi connectivity index (χ3n) is 2.08. The molecule has 18 heavy (non-hydrogen) atoms. The van der Waals surface area contributed by atoms with E-state index in [1.165, 1.54) is 19.1 Å². The lowest BCUT2D eigenvalue weighted by molar-refractivity contribution is -0.117. The molecule has 0 heterocycles. The number of carbonyl (C=O) groups is 1. The highest BCUT2D eigenvalue weighted by Gasteiger charge is 2.27. The quantitative estimate of drug-likeness (QED) is 0.776. The first-order valence-corrected chi connectivity index (χ1v) is 5.25. The summed E-state index contributed by atoms with van der Waals surface area (Å²) < 4.78 is 36.3. The molecule has 4 nitrogen and oxygen atoms in total. The Hall–Kier alpha value is -1.76. The van der Waals surface area contributed by atoms with Crippen molar-refractivity contribution in [3.63, 3.8) is 0 Å². The summed E-state index contributed by atoms with van der Waals surface area (Å²) in [5.41, 5.74) is 5.83. The van der Waals surface area contributed by atoms with Gasteiger partial charge < -0.3 is 16.4 Å². The average Bonchev–Trinajstić information content (AvgIpc) is 2.26. The number of para-hydroxylation sites is 2. The Kier molecular flexibility index (Phi) is 4.55. The second-order valence-corrected chi connectivity index (χ2v) is 3.79. The predicted molar refractivity (Wildman–Crippen MR) is 63.3 cm³/mol. The fraction of sp³-hybridized carbons (Fsp3) is 0.364. The van der Waals surface area contributed by atoms with Crippen LogP contribution in [0.25, 0.3) is 0 Å². The molecule has 0 bridgehead atoms. The van der Waals surface area contributed by atoms with Crippen molar-refractivity contribution in [2.45, 2.75) is 19.1 Å². The molecule has 1 aromatic rings. The Balaban J connectivity index is 2.77. The molecule has 0 fully saturated rings. The van der Waals surface area contributed by atoms with E-state index in [0.29, 0.717) is 0 Å². The standard InChI is InChI=1S/C11H14F3N3O/c1-7(15)10(18)17-9-5-3-2-4-8(9)16-6-11(12,13)14/h2-5,7,16H,6,15H2,1H3,(H,17,18). The number of alkyl halides is 3. The number of nitrogens with one attached hydrogen (secondary N) is 2. The topological polar surface area (TPSA) is 67.2 Å². The molecule has 0 radical (unpaired) electrons. The third-order valence-corrected chi connectivity index (χ3v) is 2.08. The Labute approximate surface area is 102 Å². The normalized spacial score (nSPS) is 12.9. The highest BCUT2D eigenvalue weighted by molar-refractivity contribution is 5.97. The number of anilines is 2. The van der Waals surface area contributed by atoms with Gasteiger partial charge in [-0.1, -0.05) is 12.1 Å². The zero-order chi connectivity index (χ0) is 13.8. The molecule has 0 aliphatic carbocycles. The summed E-state index contributed by atoms with van der Waals surface area (Å²) in [6.07, 6.45) is -4.32. The van der Waals surface area contributed by atoms with Gasteiger partial charge in [-0.2, -0.15) is 13.2 Å². The van der Waals surface area contributed by atoms with E-state index in [9.17, 15) is 18.0 Å². The number of hydrogen-bond donors (Lipinski definition) is 3. The predicted octanol–water partition coefficient (Wildman–Crippen LogP) is 1.95. The Morgan fingerprint density at radius 3 is 2.39 bits per heavy atom. The van der Waals surface area contributed by atoms with Gasteiger partial charge >= 0.3 is 6.18 Å². The Morgan fingerprint density at radius 2 is 1.89 bits per heavy atom. The van der Waals surface area contributed by atoms with Crippen molar-refractivity contribution in [2.24, 2.45) is 5.73 Å². The van der Waals surface area contributed by atoms with E-state index in [1.807, 2.05) is 0 Å². The number of hydrogen-bond acceptors (Lipinski definition) is 3. The van der Waals surface area contributed by atoms with Crippen LogP contribution >= 0.6 is 0 Å². The zero-order valence-corrected chi connectivity index (χ0v) is 9.71.